The maximum atomic E-state index is 11.3. The summed E-state index contributed by atoms with van der Waals surface area (Å²) in [7, 11) is 3.39. The van der Waals surface area contributed by atoms with Crippen molar-refractivity contribution in [3.8, 4) is 5.75 Å². The minimum atomic E-state index is -1.10. The van der Waals surface area contributed by atoms with Crippen molar-refractivity contribution in [3.63, 3.8) is 0 Å². The minimum Gasteiger partial charge on any atom is -0.494 e. The summed E-state index contributed by atoms with van der Waals surface area (Å²) in [6.07, 6.45) is 0.967. The van der Waals surface area contributed by atoms with Crippen LogP contribution in [0.5, 0.6) is 5.75 Å². The molecule has 0 heterocycles. The molecule has 5 nitrogen and oxygen atoms in total. The Kier molecular flexibility index (Phi) is 5.63. The van der Waals surface area contributed by atoms with Gasteiger partial charge in [-0.3, -0.25) is 4.79 Å². The number of hydrogen-bond donors (Lipinski definition) is 1. The smallest absolute Gasteiger partial charge is 0.337 e. The summed E-state index contributed by atoms with van der Waals surface area (Å²) >= 11 is 5.74. The van der Waals surface area contributed by atoms with Crippen molar-refractivity contribution in [1.82, 2.24) is 4.90 Å². The number of carbonyl (C=O) groups excluding carboxylic acids is 1. The molecule has 0 unspecified atom stereocenters. The molecule has 0 radical (unpaired) electrons. The Morgan fingerprint density at radius 2 is 2.05 bits per heavy atom. The lowest BCUT2D eigenvalue weighted by atomic mass is 10.2. The predicted molar refractivity (Wildman–Crippen MR) is 71.8 cm³/mol. The Bertz CT molecular complexity index is 474. The number of carboxylic acids is 1. The highest BCUT2D eigenvalue weighted by Gasteiger charge is 2.10. The largest absolute Gasteiger partial charge is 0.494 e. The van der Waals surface area contributed by atoms with E-state index >= 15 is 0 Å². The normalized spacial score (nSPS) is 10.1. The van der Waals surface area contributed by atoms with Gasteiger partial charge in [0.05, 0.1) is 17.2 Å². The summed E-state index contributed by atoms with van der Waals surface area (Å²) in [6, 6.07) is 4.45. The van der Waals surface area contributed by atoms with Gasteiger partial charge in [0, 0.05) is 20.5 Å². The SMILES string of the molecule is CN(C)C(=O)CCCOc1ccc(Cl)c(C(=O)O)c1. The molecule has 0 aromatic heterocycles. The lowest BCUT2D eigenvalue weighted by molar-refractivity contribution is -0.128. The van der Waals surface area contributed by atoms with Gasteiger partial charge in [-0.1, -0.05) is 11.6 Å². The Labute approximate surface area is 116 Å². The van der Waals surface area contributed by atoms with Crippen LogP contribution < -0.4 is 4.74 Å². The summed E-state index contributed by atoms with van der Waals surface area (Å²) in [5.41, 5.74) is 0.00327. The Balaban J connectivity index is 2.48. The van der Waals surface area contributed by atoms with E-state index in [0.29, 0.717) is 25.2 Å². The van der Waals surface area contributed by atoms with Crippen molar-refractivity contribution in [2.45, 2.75) is 12.8 Å². The van der Waals surface area contributed by atoms with Crippen molar-refractivity contribution < 1.29 is 19.4 Å². The van der Waals surface area contributed by atoms with E-state index in [4.69, 9.17) is 21.4 Å². The van der Waals surface area contributed by atoms with Gasteiger partial charge in [-0.25, -0.2) is 4.79 Å². The Morgan fingerprint density at radius 1 is 1.37 bits per heavy atom. The van der Waals surface area contributed by atoms with Gasteiger partial charge in [0.15, 0.2) is 0 Å². The average Bonchev–Trinajstić information content (AvgIpc) is 2.35. The zero-order valence-corrected chi connectivity index (χ0v) is 11.6. The number of amides is 1. The van der Waals surface area contributed by atoms with Crippen LogP contribution in [-0.2, 0) is 4.79 Å². The molecule has 0 aliphatic rings. The highest BCUT2D eigenvalue weighted by molar-refractivity contribution is 6.33. The molecule has 0 spiro atoms. The second-order valence-electron chi connectivity index (χ2n) is 4.19. The van der Waals surface area contributed by atoms with Crippen LogP contribution in [0.25, 0.3) is 0 Å². The number of hydrogen-bond acceptors (Lipinski definition) is 3. The highest BCUT2D eigenvalue weighted by Crippen LogP contribution is 2.22. The van der Waals surface area contributed by atoms with Gasteiger partial charge < -0.3 is 14.7 Å². The molecule has 0 saturated heterocycles. The van der Waals surface area contributed by atoms with Gasteiger partial charge in [0.1, 0.15) is 5.75 Å². The highest BCUT2D eigenvalue weighted by atomic mass is 35.5. The first-order chi connectivity index (χ1) is 8.91. The third-order valence-electron chi connectivity index (χ3n) is 2.47. The molecule has 0 bridgehead atoms. The summed E-state index contributed by atoms with van der Waals surface area (Å²) < 4.78 is 5.39. The number of carboxylic acid groups (broad SMARTS) is 1. The number of carbonyl (C=O) groups is 2. The first-order valence-electron chi connectivity index (χ1n) is 5.77. The molecule has 1 N–H and O–H groups in total. The van der Waals surface area contributed by atoms with E-state index in [1.807, 2.05) is 0 Å². The number of halogens is 1. The fraction of sp³-hybridized carbons (Fsp3) is 0.385. The van der Waals surface area contributed by atoms with E-state index < -0.39 is 5.97 Å². The summed E-state index contributed by atoms with van der Waals surface area (Å²) in [6.45, 7) is 0.347. The van der Waals surface area contributed by atoms with Crippen LogP contribution in [-0.4, -0.2) is 42.6 Å². The van der Waals surface area contributed by atoms with Gasteiger partial charge in [0.25, 0.3) is 0 Å². The first kappa shape index (κ1) is 15.3. The molecule has 0 aliphatic heterocycles. The summed E-state index contributed by atoms with van der Waals surface area (Å²) in [5.74, 6) is -0.636. The number of rotatable bonds is 6. The molecule has 0 fully saturated rings. The van der Waals surface area contributed by atoms with Crippen LogP contribution in [0.1, 0.15) is 23.2 Å². The predicted octanol–water partition coefficient (Wildman–Crippen LogP) is 2.29. The first-order valence-corrected chi connectivity index (χ1v) is 6.15. The van der Waals surface area contributed by atoms with Crippen LogP contribution in [0.2, 0.25) is 5.02 Å². The average molecular weight is 286 g/mol. The molecular formula is C13H16ClNO4. The van der Waals surface area contributed by atoms with E-state index in [2.05, 4.69) is 0 Å². The number of ether oxygens (including phenoxy) is 1. The van der Waals surface area contributed by atoms with Crippen LogP contribution in [0.4, 0.5) is 0 Å². The van der Waals surface area contributed by atoms with Gasteiger partial charge >= 0.3 is 5.97 Å². The van der Waals surface area contributed by atoms with E-state index in [1.165, 1.54) is 17.0 Å². The third-order valence-corrected chi connectivity index (χ3v) is 2.80. The number of nitrogens with zero attached hydrogens (tertiary/aromatic N) is 1. The molecule has 19 heavy (non-hydrogen) atoms. The monoisotopic (exact) mass is 285 g/mol. The quantitative estimate of drug-likeness (QED) is 0.814. The topological polar surface area (TPSA) is 66.8 Å². The molecule has 104 valence electrons. The fourth-order valence-corrected chi connectivity index (χ4v) is 1.59. The van der Waals surface area contributed by atoms with Crippen LogP contribution in [0.3, 0.4) is 0 Å². The van der Waals surface area contributed by atoms with Gasteiger partial charge in [0.2, 0.25) is 5.91 Å². The van der Waals surface area contributed by atoms with Gasteiger partial charge in [-0.2, -0.15) is 0 Å². The van der Waals surface area contributed by atoms with E-state index in [-0.39, 0.29) is 16.5 Å². The van der Waals surface area contributed by atoms with Crippen molar-refractivity contribution in [2.24, 2.45) is 0 Å². The molecule has 1 aromatic rings. The molecule has 1 aromatic carbocycles. The molecule has 0 aliphatic carbocycles. The maximum Gasteiger partial charge on any atom is 0.337 e. The Hall–Kier alpha value is -1.75. The van der Waals surface area contributed by atoms with Crippen molar-refractivity contribution in [1.29, 1.82) is 0 Å². The maximum absolute atomic E-state index is 11.3. The van der Waals surface area contributed by atoms with E-state index in [1.54, 1.807) is 20.2 Å². The van der Waals surface area contributed by atoms with Crippen LogP contribution >= 0.6 is 11.6 Å². The number of aromatic carboxylic acids is 1. The standard InChI is InChI=1S/C13H16ClNO4/c1-15(2)12(16)4-3-7-19-9-5-6-11(14)10(8-9)13(17)18/h5-6,8H,3-4,7H2,1-2H3,(H,17,18). The molecule has 0 atom stereocenters. The van der Waals surface area contributed by atoms with Crippen LogP contribution in [0, 0.1) is 0 Å². The molecule has 1 rings (SSSR count). The van der Waals surface area contributed by atoms with Crippen molar-refractivity contribution in [2.75, 3.05) is 20.7 Å². The second-order valence-corrected chi connectivity index (χ2v) is 4.59. The van der Waals surface area contributed by atoms with Gasteiger partial charge in [-0.05, 0) is 24.6 Å². The zero-order chi connectivity index (χ0) is 14.4. The molecule has 0 saturated carbocycles. The Morgan fingerprint density at radius 3 is 2.63 bits per heavy atom. The van der Waals surface area contributed by atoms with Crippen molar-refractivity contribution >= 4 is 23.5 Å². The summed E-state index contributed by atoms with van der Waals surface area (Å²) in [4.78, 5) is 23.7. The lowest BCUT2D eigenvalue weighted by Gasteiger charge is -2.11. The third kappa shape index (κ3) is 4.79. The van der Waals surface area contributed by atoms with E-state index in [0.717, 1.165) is 0 Å². The fourth-order valence-electron chi connectivity index (χ4n) is 1.40. The molecule has 6 heteroatoms. The minimum absolute atomic E-state index is 0.00327. The van der Waals surface area contributed by atoms with E-state index in [9.17, 15) is 9.59 Å². The zero-order valence-electron chi connectivity index (χ0n) is 10.9. The van der Waals surface area contributed by atoms with Crippen molar-refractivity contribution in [3.05, 3.63) is 28.8 Å². The number of benzene rings is 1. The lowest BCUT2D eigenvalue weighted by Crippen LogP contribution is -2.21. The molecule has 1 amide bonds. The van der Waals surface area contributed by atoms with Crippen LogP contribution in [0.15, 0.2) is 18.2 Å². The summed E-state index contributed by atoms with van der Waals surface area (Å²) in [5, 5.41) is 9.07. The second kappa shape index (κ2) is 6.99. The molecular weight excluding hydrogens is 270 g/mol. The van der Waals surface area contributed by atoms with Gasteiger partial charge in [-0.15, -0.1) is 0 Å².